The highest BCUT2D eigenvalue weighted by molar-refractivity contribution is 8.12. The van der Waals surface area contributed by atoms with E-state index in [0.717, 1.165) is 65.1 Å². The van der Waals surface area contributed by atoms with Gasteiger partial charge in [-0.1, -0.05) is 0 Å². The molecule has 19 N–H and O–H groups in total. The number of hydrogen-bond donors (Lipinski definition) is 11. The Kier molecular flexibility index (Phi) is 31.2. The first-order valence-electron chi connectivity index (χ1n) is 9.77. The van der Waals surface area contributed by atoms with E-state index < -0.39 is 0 Å². The van der Waals surface area contributed by atoms with Crippen LogP contribution in [-0.2, 0) is 0 Å². The molecule has 0 spiro atoms. The van der Waals surface area contributed by atoms with E-state index in [9.17, 15) is 0 Å². The fourth-order valence-corrected chi connectivity index (χ4v) is 1.58. The third-order valence-electron chi connectivity index (χ3n) is 3.05. The number of thioether (sulfide) groups is 1. The van der Waals surface area contributed by atoms with Crippen LogP contribution in [0.15, 0.2) is 4.99 Å². The highest BCUT2D eigenvalue weighted by Crippen LogP contribution is 1.80. The number of aliphatic imine (C=N–C) groups is 1. The first kappa shape index (κ1) is 31.9. The smallest absolute Gasteiger partial charge is 0.299 e. The zero-order valence-electron chi connectivity index (χ0n) is 18.0. The van der Waals surface area contributed by atoms with Crippen molar-refractivity contribution in [2.45, 2.75) is 25.7 Å². The van der Waals surface area contributed by atoms with Crippen LogP contribution in [0.3, 0.4) is 0 Å². The summed E-state index contributed by atoms with van der Waals surface area (Å²) in [4.78, 5) is 3.86. The summed E-state index contributed by atoms with van der Waals surface area (Å²) in [5.41, 5.74) is 29.4. The van der Waals surface area contributed by atoms with Gasteiger partial charge in [-0.3, -0.25) is 21.5 Å². The van der Waals surface area contributed by atoms with Gasteiger partial charge in [-0.2, -0.15) is 0 Å². The van der Waals surface area contributed by atoms with Crippen molar-refractivity contribution < 1.29 is 11.1 Å². The lowest BCUT2D eigenvalue weighted by atomic mass is 10.4. The lowest BCUT2D eigenvalue weighted by Gasteiger charge is -2.04. The SMILES string of the molecule is CSC(N)=[NH2+].N=C(N)NCCCNCCCN=C(N)N.NCCCNCCC[NH3+]. The fraction of sp³-hybridized carbons (Fsp3) is 0.812. The van der Waals surface area contributed by atoms with Crippen LogP contribution in [0.25, 0.3) is 0 Å². The molecular weight excluding hydrogens is 392 g/mol. The topological polar surface area (TPSA) is 256 Å². The molecule has 0 heterocycles. The van der Waals surface area contributed by atoms with Gasteiger partial charge < -0.3 is 44.6 Å². The second-order valence-corrected chi connectivity index (χ2v) is 6.69. The summed E-state index contributed by atoms with van der Waals surface area (Å²) in [7, 11) is 0. The van der Waals surface area contributed by atoms with Crippen LogP contribution in [0.4, 0.5) is 0 Å². The molecule has 0 aliphatic carbocycles. The predicted octanol–water partition coefficient (Wildman–Crippen LogP) is -4.91. The van der Waals surface area contributed by atoms with Crippen LogP contribution in [0.5, 0.6) is 0 Å². The number of nitrogens with one attached hydrogen (secondary N) is 4. The minimum absolute atomic E-state index is 0.0164. The molecule has 0 radical (unpaired) electrons. The molecule has 0 saturated heterocycles. The number of nitrogens with zero attached hydrogens (tertiary/aromatic N) is 1. The molecule has 0 amide bonds. The van der Waals surface area contributed by atoms with Crippen LogP contribution in [-0.4, -0.2) is 75.7 Å². The monoisotopic (exact) mass is 438 g/mol. The highest BCUT2D eigenvalue weighted by Gasteiger charge is 1.90. The summed E-state index contributed by atoms with van der Waals surface area (Å²) in [6.45, 7) is 7.10. The molecule has 29 heavy (non-hydrogen) atoms. The van der Waals surface area contributed by atoms with Gasteiger partial charge in [0, 0.05) is 26.1 Å². The van der Waals surface area contributed by atoms with Gasteiger partial charge in [0.2, 0.25) is 0 Å². The van der Waals surface area contributed by atoms with E-state index in [4.69, 9.17) is 39.5 Å². The number of nitrogens with two attached hydrogens (primary N) is 6. The van der Waals surface area contributed by atoms with Crippen LogP contribution in [0.1, 0.15) is 25.7 Å². The maximum Gasteiger partial charge on any atom is 0.299 e. The third-order valence-corrected chi connectivity index (χ3v) is 3.52. The maximum atomic E-state index is 6.91. The molecule has 0 aromatic rings. The summed E-state index contributed by atoms with van der Waals surface area (Å²) in [6.07, 6.45) is 5.93. The van der Waals surface area contributed by atoms with E-state index in [2.05, 4.69) is 26.7 Å². The lowest BCUT2D eigenvalue weighted by molar-refractivity contribution is -0.367. The number of quaternary nitrogens is 1. The quantitative estimate of drug-likeness (QED) is 0.0704. The van der Waals surface area contributed by atoms with E-state index in [1.165, 1.54) is 18.2 Å². The van der Waals surface area contributed by atoms with Crippen molar-refractivity contribution >= 4 is 28.8 Å². The van der Waals surface area contributed by atoms with Crippen LogP contribution >= 0.6 is 11.8 Å². The molecule has 0 saturated carbocycles. The molecule has 13 heteroatoms. The van der Waals surface area contributed by atoms with E-state index in [-0.39, 0.29) is 11.9 Å². The van der Waals surface area contributed by atoms with E-state index in [1.54, 1.807) is 0 Å². The molecular formula is C16H46N12S+2. The zero-order valence-corrected chi connectivity index (χ0v) is 18.8. The van der Waals surface area contributed by atoms with E-state index in [1.807, 2.05) is 6.26 Å². The molecule has 0 unspecified atom stereocenters. The molecule has 12 nitrogen and oxygen atoms in total. The number of hydrogen-bond acceptors (Lipinski definition) is 6. The summed E-state index contributed by atoms with van der Waals surface area (Å²) >= 11 is 1.35. The molecule has 0 fully saturated rings. The number of rotatable bonds is 14. The Balaban J connectivity index is -0.000000407. The minimum atomic E-state index is 0.0164. The zero-order chi connectivity index (χ0) is 22.8. The van der Waals surface area contributed by atoms with Crippen molar-refractivity contribution in [1.82, 2.24) is 16.0 Å². The third kappa shape index (κ3) is 46.3. The standard InChI is InChI=1S/C8H21N7.C6H17N3.C2H6N2S/c9-7(10)14-5-1-3-13-4-2-6-15-8(11)12;7-3-1-5-9-6-2-4-8;1-5-2(3)4/h13H,1-6H2,(H4,9,10,14)(H4,11,12,15);9H,1-8H2;1H3,(H3,3,4)/p+2. The lowest BCUT2D eigenvalue weighted by Crippen LogP contribution is -2.51. The summed E-state index contributed by atoms with van der Waals surface area (Å²) in [5.74, 6) is 0.156. The van der Waals surface area contributed by atoms with Crippen molar-refractivity contribution in [3.05, 3.63) is 0 Å². The predicted molar refractivity (Wildman–Crippen MR) is 126 cm³/mol. The van der Waals surface area contributed by atoms with Crippen molar-refractivity contribution in [3.63, 3.8) is 0 Å². The van der Waals surface area contributed by atoms with Gasteiger partial charge in [-0.25, -0.2) is 0 Å². The molecule has 174 valence electrons. The van der Waals surface area contributed by atoms with E-state index >= 15 is 0 Å². The second kappa shape index (κ2) is 28.4. The Morgan fingerprint density at radius 2 is 1.48 bits per heavy atom. The Hall–Kier alpha value is -1.80. The largest absolute Gasteiger partial charge is 0.370 e. The van der Waals surface area contributed by atoms with Gasteiger partial charge in [0.1, 0.15) is 0 Å². The Morgan fingerprint density at radius 3 is 1.93 bits per heavy atom. The first-order valence-corrected chi connectivity index (χ1v) is 11.0. The summed E-state index contributed by atoms with van der Waals surface area (Å²) in [5, 5.41) is 21.5. The Labute approximate surface area is 179 Å². The van der Waals surface area contributed by atoms with Gasteiger partial charge >= 0.3 is 0 Å². The molecule has 0 aromatic heterocycles. The molecule has 0 bridgehead atoms. The number of guanidine groups is 2. The van der Waals surface area contributed by atoms with Crippen LogP contribution in [0.2, 0.25) is 0 Å². The van der Waals surface area contributed by atoms with Gasteiger partial charge in [-0.15, -0.1) is 0 Å². The maximum absolute atomic E-state index is 6.91. The van der Waals surface area contributed by atoms with Crippen molar-refractivity contribution in [1.29, 1.82) is 5.41 Å². The second-order valence-electron chi connectivity index (χ2n) is 5.81. The normalized spacial score (nSPS) is 9.34. The minimum Gasteiger partial charge on any atom is -0.370 e. The average molecular weight is 439 g/mol. The molecule has 0 rings (SSSR count). The Bertz CT molecular complexity index is 382. The van der Waals surface area contributed by atoms with Gasteiger partial charge in [0.05, 0.1) is 6.54 Å². The van der Waals surface area contributed by atoms with Crippen molar-refractivity contribution in [3.8, 4) is 0 Å². The van der Waals surface area contributed by atoms with Crippen molar-refractivity contribution in [2.24, 2.45) is 33.7 Å². The first-order chi connectivity index (χ1) is 13.8. The van der Waals surface area contributed by atoms with E-state index in [0.29, 0.717) is 11.7 Å². The molecule has 0 aromatic carbocycles. The van der Waals surface area contributed by atoms with Gasteiger partial charge in [0.15, 0.2) is 11.9 Å². The van der Waals surface area contributed by atoms with Crippen LogP contribution < -0.4 is 55.8 Å². The average Bonchev–Trinajstić information content (AvgIpc) is 2.67. The summed E-state index contributed by atoms with van der Waals surface area (Å²) in [6, 6.07) is 0. The molecule has 0 aliphatic heterocycles. The number of amidine groups is 1. The van der Waals surface area contributed by atoms with Crippen molar-refractivity contribution in [2.75, 3.05) is 58.6 Å². The van der Waals surface area contributed by atoms with Gasteiger partial charge in [-0.05, 0) is 63.5 Å². The van der Waals surface area contributed by atoms with Gasteiger partial charge in [0.25, 0.3) is 5.17 Å². The molecule has 0 aliphatic rings. The Morgan fingerprint density at radius 1 is 0.966 bits per heavy atom. The molecule has 0 atom stereocenters. The summed E-state index contributed by atoms with van der Waals surface area (Å²) < 4.78 is 0. The fourth-order valence-electron chi connectivity index (χ4n) is 1.58. The van der Waals surface area contributed by atoms with Crippen LogP contribution in [0, 0.1) is 5.41 Å². The highest BCUT2D eigenvalue weighted by atomic mass is 32.2.